The van der Waals surface area contributed by atoms with Crippen molar-refractivity contribution in [1.82, 2.24) is 30.2 Å². The summed E-state index contributed by atoms with van der Waals surface area (Å²) in [7, 11) is 0. The number of nitrogens with zero attached hydrogens (tertiary/aromatic N) is 5. The first kappa shape index (κ1) is 22.4. The van der Waals surface area contributed by atoms with Gasteiger partial charge in [-0.2, -0.15) is 5.26 Å². The highest BCUT2D eigenvalue weighted by molar-refractivity contribution is 5.95. The third-order valence-electron chi connectivity index (χ3n) is 6.74. The molecule has 180 valence electrons. The molecule has 6 rings (SSSR count). The quantitative estimate of drug-likeness (QED) is 0.318. The van der Waals surface area contributed by atoms with Crippen molar-refractivity contribution in [3.8, 4) is 17.3 Å². The van der Waals surface area contributed by atoms with Crippen molar-refractivity contribution in [3.63, 3.8) is 0 Å². The molecule has 0 aliphatic heterocycles. The molecule has 1 amide bonds. The Morgan fingerprint density at radius 2 is 1.95 bits per heavy atom. The zero-order chi connectivity index (χ0) is 25.4. The number of hydrogen-bond acceptors (Lipinski definition) is 7. The predicted octanol–water partition coefficient (Wildman–Crippen LogP) is 4.65. The van der Waals surface area contributed by atoms with Crippen LogP contribution in [0.1, 0.15) is 33.8 Å². The maximum absolute atomic E-state index is 12.7. The highest BCUT2D eigenvalue weighted by atomic mass is 16.1. The van der Waals surface area contributed by atoms with Crippen molar-refractivity contribution >= 4 is 28.6 Å². The summed E-state index contributed by atoms with van der Waals surface area (Å²) in [6.45, 7) is 2.01. The molecule has 3 aromatic heterocycles. The molecule has 1 fully saturated rings. The van der Waals surface area contributed by atoms with E-state index in [-0.39, 0.29) is 11.8 Å². The molecule has 0 radical (unpaired) electrons. The van der Waals surface area contributed by atoms with Gasteiger partial charge in [0.25, 0.3) is 5.91 Å². The van der Waals surface area contributed by atoms with E-state index in [1.165, 1.54) is 6.33 Å². The summed E-state index contributed by atoms with van der Waals surface area (Å²) >= 11 is 0. The van der Waals surface area contributed by atoms with E-state index in [2.05, 4.69) is 41.6 Å². The third-order valence-corrected chi connectivity index (χ3v) is 6.74. The second kappa shape index (κ2) is 8.84. The zero-order valence-corrected chi connectivity index (χ0v) is 19.9. The van der Waals surface area contributed by atoms with Crippen molar-refractivity contribution in [2.45, 2.75) is 24.8 Å². The molecule has 37 heavy (non-hydrogen) atoms. The Morgan fingerprint density at radius 3 is 2.78 bits per heavy atom. The minimum atomic E-state index is -0.928. The molecule has 0 spiro atoms. The van der Waals surface area contributed by atoms with Gasteiger partial charge in [-0.05, 0) is 54.8 Å². The van der Waals surface area contributed by atoms with Gasteiger partial charge in [-0.15, -0.1) is 0 Å². The first-order chi connectivity index (χ1) is 18.1. The molecule has 2 unspecified atom stereocenters. The highest BCUT2D eigenvalue weighted by Gasteiger charge is 2.57. The van der Waals surface area contributed by atoms with Crippen LogP contribution in [0.3, 0.4) is 0 Å². The lowest BCUT2D eigenvalue weighted by Gasteiger charge is -2.15. The predicted molar refractivity (Wildman–Crippen MR) is 139 cm³/mol. The zero-order valence-electron chi connectivity index (χ0n) is 19.9. The monoisotopic (exact) mass is 486 g/mol. The van der Waals surface area contributed by atoms with Gasteiger partial charge in [0.1, 0.15) is 28.9 Å². The van der Waals surface area contributed by atoms with E-state index >= 15 is 0 Å². The Hall–Kier alpha value is -5.10. The molecule has 0 bridgehead atoms. The number of hydrogen-bond donors (Lipinski definition) is 3. The summed E-state index contributed by atoms with van der Waals surface area (Å²) in [5.41, 5.74) is 5.27. The number of imidazole rings is 1. The topological polar surface area (TPSA) is 132 Å². The smallest absolute Gasteiger partial charge is 0.252 e. The highest BCUT2D eigenvalue weighted by Crippen LogP contribution is 2.52. The lowest BCUT2D eigenvalue weighted by Crippen LogP contribution is -2.37. The number of nitrogens with one attached hydrogen (secondary N) is 3. The van der Waals surface area contributed by atoms with Crippen molar-refractivity contribution in [2.75, 3.05) is 5.32 Å². The summed E-state index contributed by atoms with van der Waals surface area (Å²) in [5.74, 6) is 0.279. The van der Waals surface area contributed by atoms with E-state index in [4.69, 9.17) is 0 Å². The Balaban J connectivity index is 1.29. The molecular formula is C28H22N8O. The Labute approximate surface area is 212 Å². The van der Waals surface area contributed by atoms with E-state index in [9.17, 15) is 10.1 Å². The molecule has 9 nitrogen and oxygen atoms in total. The normalized spacial score (nSPS) is 18.2. The van der Waals surface area contributed by atoms with Crippen LogP contribution in [0.2, 0.25) is 0 Å². The number of amides is 1. The van der Waals surface area contributed by atoms with Gasteiger partial charge < -0.3 is 15.6 Å². The molecule has 1 saturated carbocycles. The van der Waals surface area contributed by atoms with Crippen LogP contribution in [0.5, 0.6) is 0 Å². The largest absolute Gasteiger partial charge is 0.341 e. The van der Waals surface area contributed by atoms with Gasteiger partial charge in [0.15, 0.2) is 5.65 Å². The number of nitriles is 1. The van der Waals surface area contributed by atoms with Gasteiger partial charge in [0.2, 0.25) is 0 Å². The van der Waals surface area contributed by atoms with Gasteiger partial charge >= 0.3 is 0 Å². The Bertz CT molecular complexity index is 1670. The Morgan fingerprint density at radius 1 is 1.08 bits per heavy atom. The summed E-state index contributed by atoms with van der Waals surface area (Å²) < 4.78 is 0. The fourth-order valence-electron chi connectivity index (χ4n) is 4.60. The summed E-state index contributed by atoms with van der Waals surface area (Å²) in [6, 6.07) is 21.1. The molecule has 2 atom stereocenters. The first-order valence-electron chi connectivity index (χ1n) is 11.8. The van der Waals surface area contributed by atoms with Crippen molar-refractivity contribution in [3.05, 3.63) is 96.2 Å². The number of benzene rings is 2. The lowest BCUT2D eigenvalue weighted by molar-refractivity contribution is 0.0940. The van der Waals surface area contributed by atoms with E-state index in [0.29, 0.717) is 29.1 Å². The van der Waals surface area contributed by atoms with E-state index in [1.54, 1.807) is 36.8 Å². The SMILES string of the molecule is Cc1ccc(C2CC2(C#N)NC(=O)c2ccccc2)cc1Nc1ncccc1-c1ncnc2nc[nH]c12. The van der Waals surface area contributed by atoms with Gasteiger partial charge in [0, 0.05) is 28.9 Å². The molecule has 1 aliphatic rings. The fourth-order valence-corrected chi connectivity index (χ4v) is 4.60. The van der Waals surface area contributed by atoms with Crippen molar-refractivity contribution in [1.29, 1.82) is 5.26 Å². The fraction of sp³-hybridized carbons (Fsp3) is 0.143. The van der Waals surface area contributed by atoms with Crippen LogP contribution in [0.15, 0.2) is 79.5 Å². The minimum absolute atomic E-state index is 0.110. The second-order valence-electron chi connectivity index (χ2n) is 9.08. The average Bonchev–Trinajstić information content (AvgIpc) is 3.43. The molecule has 3 heterocycles. The van der Waals surface area contributed by atoms with E-state index < -0.39 is 5.54 Å². The molecule has 3 N–H and O–H groups in total. The molecule has 0 saturated heterocycles. The third kappa shape index (κ3) is 4.04. The number of anilines is 2. The number of carbonyl (C=O) groups excluding carboxylic acids is 1. The number of pyridine rings is 1. The van der Waals surface area contributed by atoms with Gasteiger partial charge in [-0.1, -0.05) is 30.3 Å². The van der Waals surface area contributed by atoms with Crippen molar-refractivity contribution < 1.29 is 4.79 Å². The maximum atomic E-state index is 12.7. The number of aromatic nitrogens is 5. The number of aryl methyl sites for hydroxylation is 1. The molecule has 1 aliphatic carbocycles. The standard InChI is InChI=1S/C28H22N8O/c1-17-9-10-19(21-13-28(21,14-29)36-27(37)18-6-3-2-4-7-18)12-22(17)35-25-20(8-5-11-30-25)23-24-26(33-15-31-23)34-16-32-24/h2-12,15-16,21H,13H2,1H3,(H,30,35)(H,36,37)(H,31,32,33,34). The number of carbonyl (C=O) groups is 1. The van der Waals surface area contributed by atoms with Gasteiger partial charge in [0.05, 0.1) is 12.4 Å². The summed E-state index contributed by atoms with van der Waals surface area (Å²) in [5, 5.41) is 16.4. The molecular weight excluding hydrogens is 464 g/mol. The number of H-pyrrole nitrogens is 1. The van der Waals surface area contributed by atoms with Crippen LogP contribution < -0.4 is 10.6 Å². The number of fused-ring (bicyclic) bond motifs is 1. The van der Waals surface area contributed by atoms with Crippen LogP contribution in [0.25, 0.3) is 22.4 Å². The lowest BCUT2D eigenvalue weighted by atomic mass is 10.0. The minimum Gasteiger partial charge on any atom is -0.341 e. The number of rotatable bonds is 6. The molecule has 9 heteroatoms. The average molecular weight is 487 g/mol. The van der Waals surface area contributed by atoms with Gasteiger partial charge in [-0.25, -0.2) is 19.9 Å². The van der Waals surface area contributed by atoms with Crippen molar-refractivity contribution in [2.24, 2.45) is 0 Å². The van der Waals surface area contributed by atoms with Crippen LogP contribution in [0, 0.1) is 18.3 Å². The maximum Gasteiger partial charge on any atom is 0.252 e. The van der Waals surface area contributed by atoms with Crippen LogP contribution in [-0.4, -0.2) is 36.4 Å². The van der Waals surface area contributed by atoms with E-state index in [1.807, 2.05) is 43.3 Å². The second-order valence-corrected chi connectivity index (χ2v) is 9.08. The Kier molecular flexibility index (Phi) is 5.34. The van der Waals surface area contributed by atoms with Gasteiger partial charge in [-0.3, -0.25) is 4.79 Å². The van der Waals surface area contributed by atoms with Crippen LogP contribution in [-0.2, 0) is 0 Å². The summed E-state index contributed by atoms with van der Waals surface area (Å²) in [4.78, 5) is 33.3. The number of aromatic amines is 1. The molecule has 5 aromatic rings. The van der Waals surface area contributed by atoms with E-state index in [0.717, 1.165) is 27.9 Å². The summed E-state index contributed by atoms with van der Waals surface area (Å²) in [6.07, 6.45) is 5.35. The van der Waals surface area contributed by atoms with Crippen LogP contribution in [0.4, 0.5) is 11.5 Å². The van der Waals surface area contributed by atoms with Crippen LogP contribution >= 0.6 is 0 Å². The first-order valence-corrected chi connectivity index (χ1v) is 11.8. The molecule has 2 aromatic carbocycles.